The SMILES string of the molecule is C[C@@H]1C(=O)C2=C(O[C@@H]1C)C(=O)O[C@H]2c1ccc(Cl)cc1. The summed E-state index contributed by atoms with van der Waals surface area (Å²) in [5.41, 5.74) is 1.04. The molecule has 0 aromatic heterocycles. The van der Waals surface area contributed by atoms with Crippen molar-refractivity contribution in [1.82, 2.24) is 0 Å². The lowest BCUT2D eigenvalue weighted by Gasteiger charge is -2.26. The van der Waals surface area contributed by atoms with E-state index in [1.165, 1.54) is 0 Å². The van der Waals surface area contributed by atoms with Gasteiger partial charge in [0.1, 0.15) is 6.10 Å². The molecule has 0 spiro atoms. The lowest BCUT2D eigenvalue weighted by Crippen LogP contribution is -2.33. The summed E-state index contributed by atoms with van der Waals surface area (Å²) in [6, 6.07) is 6.88. The van der Waals surface area contributed by atoms with E-state index in [2.05, 4.69) is 0 Å². The van der Waals surface area contributed by atoms with Crippen LogP contribution in [0.5, 0.6) is 0 Å². The van der Waals surface area contributed by atoms with E-state index in [1.807, 2.05) is 0 Å². The molecule has 0 unspecified atom stereocenters. The molecule has 0 N–H and O–H groups in total. The molecule has 0 saturated heterocycles. The fourth-order valence-corrected chi connectivity index (χ4v) is 2.55. The van der Waals surface area contributed by atoms with Crippen LogP contribution in [0.15, 0.2) is 35.6 Å². The summed E-state index contributed by atoms with van der Waals surface area (Å²) in [4.78, 5) is 24.3. The Labute approximate surface area is 121 Å². The molecule has 0 fully saturated rings. The molecule has 0 amide bonds. The monoisotopic (exact) mass is 292 g/mol. The van der Waals surface area contributed by atoms with Crippen LogP contribution in [0, 0.1) is 5.92 Å². The first-order chi connectivity index (χ1) is 9.49. The topological polar surface area (TPSA) is 52.6 Å². The van der Waals surface area contributed by atoms with Gasteiger partial charge in [-0.3, -0.25) is 4.79 Å². The van der Waals surface area contributed by atoms with Crippen LogP contribution in [0.2, 0.25) is 5.02 Å². The average molecular weight is 293 g/mol. The van der Waals surface area contributed by atoms with E-state index in [0.717, 1.165) is 0 Å². The molecule has 104 valence electrons. The zero-order valence-electron chi connectivity index (χ0n) is 11.1. The summed E-state index contributed by atoms with van der Waals surface area (Å²) in [7, 11) is 0. The van der Waals surface area contributed by atoms with Crippen molar-refractivity contribution in [3.63, 3.8) is 0 Å². The largest absolute Gasteiger partial charge is 0.482 e. The maximum atomic E-state index is 12.4. The van der Waals surface area contributed by atoms with Crippen LogP contribution in [-0.2, 0) is 19.1 Å². The molecule has 1 aromatic carbocycles. The number of ketones is 1. The van der Waals surface area contributed by atoms with Gasteiger partial charge in [0.15, 0.2) is 11.9 Å². The third kappa shape index (κ3) is 1.91. The lowest BCUT2D eigenvalue weighted by molar-refractivity contribution is -0.144. The van der Waals surface area contributed by atoms with Crippen LogP contribution in [0.4, 0.5) is 0 Å². The zero-order chi connectivity index (χ0) is 14.4. The van der Waals surface area contributed by atoms with Gasteiger partial charge in [0.05, 0.1) is 11.5 Å². The number of hydrogen-bond donors (Lipinski definition) is 0. The van der Waals surface area contributed by atoms with Crippen LogP contribution in [0.25, 0.3) is 0 Å². The number of Topliss-reactive ketones (excluding diaryl/α,β-unsaturated/α-hetero) is 1. The summed E-state index contributed by atoms with van der Waals surface area (Å²) in [6.45, 7) is 3.56. The highest BCUT2D eigenvalue weighted by molar-refractivity contribution is 6.30. The Balaban J connectivity index is 2.05. The Hall–Kier alpha value is -1.81. The molecule has 0 aliphatic carbocycles. The third-order valence-corrected chi connectivity index (χ3v) is 4.03. The van der Waals surface area contributed by atoms with E-state index >= 15 is 0 Å². The van der Waals surface area contributed by atoms with Gasteiger partial charge in [-0.05, 0) is 24.6 Å². The Bertz CT molecular complexity index is 617. The number of rotatable bonds is 1. The molecule has 2 aliphatic rings. The maximum absolute atomic E-state index is 12.4. The molecule has 1 aromatic rings. The van der Waals surface area contributed by atoms with E-state index in [1.54, 1.807) is 38.1 Å². The third-order valence-electron chi connectivity index (χ3n) is 3.78. The Morgan fingerprint density at radius 3 is 2.35 bits per heavy atom. The summed E-state index contributed by atoms with van der Waals surface area (Å²) in [6.07, 6.45) is -1.02. The van der Waals surface area contributed by atoms with Crippen LogP contribution in [0.3, 0.4) is 0 Å². The molecule has 3 atom stereocenters. The average Bonchev–Trinajstić information content (AvgIpc) is 2.74. The summed E-state index contributed by atoms with van der Waals surface area (Å²) >= 11 is 5.84. The molecule has 4 nitrogen and oxygen atoms in total. The maximum Gasteiger partial charge on any atom is 0.375 e. The smallest absolute Gasteiger partial charge is 0.375 e. The number of esters is 1. The van der Waals surface area contributed by atoms with E-state index in [9.17, 15) is 9.59 Å². The van der Waals surface area contributed by atoms with Crippen molar-refractivity contribution >= 4 is 23.4 Å². The first-order valence-corrected chi connectivity index (χ1v) is 6.78. The van der Waals surface area contributed by atoms with Gasteiger partial charge in [0.25, 0.3) is 0 Å². The molecule has 5 heteroatoms. The van der Waals surface area contributed by atoms with Gasteiger partial charge in [-0.2, -0.15) is 0 Å². The number of carbonyl (C=O) groups excluding carboxylic acids is 2. The second-order valence-corrected chi connectivity index (χ2v) is 5.49. The van der Waals surface area contributed by atoms with Gasteiger partial charge in [0.2, 0.25) is 5.76 Å². The minimum Gasteiger partial charge on any atom is -0.482 e. The standard InChI is InChI=1S/C15H13ClO4/c1-7-8(2)19-14-11(12(7)17)13(20-15(14)18)9-3-5-10(16)6-4-9/h3-8,13H,1-2H3/t7-,8+,13-/m0/s1. The zero-order valence-corrected chi connectivity index (χ0v) is 11.8. The number of hydrogen-bond acceptors (Lipinski definition) is 4. The van der Waals surface area contributed by atoms with Crippen LogP contribution >= 0.6 is 11.6 Å². The van der Waals surface area contributed by atoms with E-state index in [0.29, 0.717) is 16.2 Å². The molecule has 3 rings (SSSR count). The second-order valence-electron chi connectivity index (χ2n) is 5.06. The Kier molecular flexibility index (Phi) is 3.05. The summed E-state index contributed by atoms with van der Waals surface area (Å²) in [5, 5.41) is 0.584. The van der Waals surface area contributed by atoms with Crippen molar-refractivity contribution in [2.45, 2.75) is 26.1 Å². The summed E-state index contributed by atoms with van der Waals surface area (Å²) in [5.74, 6) is -0.907. The molecule has 2 aliphatic heterocycles. The number of carbonyl (C=O) groups is 2. The summed E-state index contributed by atoms with van der Waals surface area (Å²) < 4.78 is 10.8. The highest BCUT2D eigenvalue weighted by atomic mass is 35.5. The van der Waals surface area contributed by atoms with Crippen molar-refractivity contribution < 1.29 is 19.1 Å². The molecule has 2 heterocycles. The molecular formula is C15H13ClO4. The molecule has 0 saturated carbocycles. The minimum atomic E-state index is -0.697. The molecular weight excluding hydrogens is 280 g/mol. The predicted octanol–water partition coefficient (Wildman–Crippen LogP) is 2.82. The number of benzene rings is 1. The van der Waals surface area contributed by atoms with Crippen molar-refractivity contribution in [3.8, 4) is 0 Å². The van der Waals surface area contributed by atoms with Gasteiger partial charge >= 0.3 is 5.97 Å². The second kappa shape index (κ2) is 4.63. The van der Waals surface area contributed by atoms with Crippen molar-refractivity contribution in [1.29, 1.82) is 0 Å². The van der Waals surface area contributed by atoms with Gasteiger partial charge in [-0.15, -0.1) is 0 Å². The minimum absolute atomic E-state index is 0.0561. The van der Waals surface area contributed by atoms with Crippen molar-refractivity contribution in [2.24, 2.45) is 5.92 Å². The fourth-order valence-electron chi connectivity index (χ4n) is 2.42. The fraction of sp³-hybridized carbons (Fsp3) is 0.333. The van der Waals surface area contributed by atoms with Crippen molar-refractivity contribution in [3.05, 3.63) is 46.2 Å². The van der Waals surface area contributed by atoms with Gasteiger partial charge in [-0.25, -0.2) is 4.79 Å². The van der Waals surface area contributed by atoms with Crippen molar-refractivity contribution in [2.75, 3.05) is 0 Å². The van der Waals surface area contributed by atoms with E-state index in [4.69, 9.17) is 21.1 Å². The van der Waals surface area contributed by atoms with Crippen LogP contribution in [-0.4, -0.2) is 17.9 Å². The van der Waals surface area contributed by atoms with Crippen LogP contribution in [0.1, 0.15) is 25.5 Å². The normalized spacial score (nSPS) is 29.1. The Morgan fingerprint density at radius 2 is 1.70 bits per heavy atom. The van der Waals surface area contributed by atoms with Gasteiger partial charge in [-0.1, -0.05) is 30.7 Å². The first kappa shape index (κ1) is 13.2. The highest BCUT2D eigenvalue weighted by Gasteiger charge is 2.47. The number of halogens is 1. The predicted molar refractivity (Wildman–Crippen MR) is 72.0 cm³/mol. The van der Waals surface area contributed by atoms with Gasteiger partial charge in [0, 0.05) is 5.02 Å². The van der Waals surface area contributed by atoms with E-state index in [-0.39, 0.29) is 23.6 Å². The molecule has 0 radical (unpaired) electrons. The highest BCUT2D eigenvalue weighted by Crippen LogP contribution is 2.41. The number of ether oxygens (including phenoxy) is 2. The number of cyclic esters (lactones) is 1. The van der Waals surface area contributed by atoms with Gasteiger partial charge < -0.3 is 9.47 Å². The molecule has 20 heavy (non-hydrogen) atoms. The first-order valence-electron chi connectivity index (χ1n) is 6.40. The quantitative estimate of drug-likeness (QED) is 0.747. The Morgan fingerprint density at radius 1 is 1.05 bits per heavy atom. The molecule has 0 bridgehead atoms. The van der Waals surface area contributed by atoms with E-state index < -0.39 is 12.1 Å². The van der Waals surface area contributed by atoms with Crippen LogP contribution < -0.4 is 0 Å². The lowest BCUT2D eigenvalue weighted by atomic mass is 9.87.